The SMILES string of the molecule is COC1C(C)=C(C)C(C)CC1I(O)c1ccccc1. The van der Waals surface area contributed by atoms with Gasteiger partial charge in [0.25, 0.3) is 0 Å². The van der Waals surface area contributed by atoms with Crippen molar-refractivity contribution in [2.45, 2.75) is 37.2 Å². The zero-order valence-electron chi connectivity index (χ0n) is 12.1. The fourth-order valence-corrected chi connectivity index (χ4v) is 7.52. The van der Waals surface area contributed by atoms with Gasteiger partial charge in [0.1, 0.15) is 0 Å². The van der Waals surface area contributed by atoms with Crippen molar-refractivity contribution in [1.29, 1.82) is 0 Å². The van der Waals surface area contributed by atoms with Gasteiger partial charge < -0.3 is 0 Å². The van der Waals surface area contributed by atoms with Crippen LogP contribution in [0.15, 0.2) is 41.5 Å². The average molecular weight is 374 g/mol. The second-order valence-corrected chi connectivity index (χ2v) is 9.77. The van der Waals surface area contributed by atoms with E-state index >= 15 is 0 Å². The van der Waals surface area contributed by atoms with Gasteiger partial charge in [0.15, 0.2) is 0 Å². The molecule has 2 rings (SSSR count). The summed E-state index contributed by atoms with van der Waals surface area (Å²) < 4.78 is 17.9. The quantitative estimate of drug-likeness (QED) is 0.492. The van der Waals surface area contributed by atoms with E-state index in [-0.39, 0.29) is 10.0 Å². The molecule has 3 heteroatoms. The molecule has 106 valence electrons. The second-order valence-electron chi connectivity index (χ2n) is 5.26. The maximum atomic E-state index is 10.8. The molecular formula is C16H23IO2. The fraction of sp³-hybridized carbons (Fsp3) is 0.500. The Morgan fingerprint density at radius 1 is 1.16 bits per heavy atom. The van der Waals surface area contributed by atoms with Crippen LogP contribution in [0.3, 0.4) is 0 Å². The van der Waals surface area contributed by atoms with Gasteiger partial charge in [-0.05, 0) is 0 Å². The number of benzene rings is 1. The van der Waals surface area contributed by atoms with Gasteiger partial charge in [-0.15, -0.1) is 0 Å². The minimum absolute atomic E-state index is 0.0895. The number of halogens is 1. The standard InChI is InChI=1S/C16H23IO2/c1-11-10-15(16(19-4)13(3)12(11)2)17(18)14-8-6-5-7-9-14/h5-9,11,15-16,18H,10H2,1-4H3. The second kappa shape index (κ2) is 6.37. The van der Waals surface area contributed by atoms with Crippen LogP contribution < -0.4 is 0 Å². The van der Waals surface area contributed by atoms with Crippen LogP contribution in [0.5, 0.6) is 0 Å². The number of hydrogen-bond donors (Lipinski definition) is 1. The Labute approximate surface area is 123 Å². The molecular weight excluding hydrogens is 351 g/mol. The fourth-order valence-electron chi connectivity index (χ4n) is 2.75. The van der Waals surface area contributed by atoms with Gasteiger partial charge >= 0.3 is 124 Å². The molecule has 1 aliphatic carbocycles. The number of hydrogen-bond acceptors (Lipinski definition) is 2. The zero-order valence-corrected chi connectivity index (χ0v) is 14.2. The van der Waals surface area contributed by atoms with Crippen molar-refractivity contribution < 1.29 is 8.17 Å². The molecule has 0 saturated heterocycles. The van der Waals surface area contributed by atoms with E-state index in [2.05, 4.69) is 32.9 Å². The van der Waals surface area contributed by atoms with Crippen LogP contribution in [-0.2, 0) is 4.74 Å². The molecule has 0 saturated carbocycles. The molecule has 0 aliphatic heterocycles. The van der Waals surface area contributed by atoms with Crippen LogP contribution >= 0.6 is 20.2 Å². The molecule has 0 radical (unpaired) electrons. The molecule has 0 fully saturated rings. The van der Waals surface area contributed by atoms with E-state index in [0.29, 0.717) is 5.92 Å². The van der Waals surface area contributed by atoms with Crippen LogP contribution in [-0.4, -0.2) is 20.6 Å². The maximum absolute atomic E-state index is 10.8. The van der Waals surface area contributed by atoms with Crippen molar-refractivity contribution in [3.63, 3.8) is 0 Å². The summed E-state index contributed by atoms with van der Waals surface area (Å²) in [5.74, 6) is 0.548. The number of methoxy groups -OCH3 is 1. The third kappa shape index (κ3) is 3.03. The summed E-state index contributed by atoms with van der Waals surface area (Å²) in [6.45, 7) is 6.61. The Balaban J connectivity index is 2.29. The first kappa shape index (κ1) is 15.0. The van der Waals surface area contributed by atoms with E-state index in [4.69, 9.17) is 4.74 Å². The molecule has 0 heterocycles. The Morgan fingerprint density at radius 3 is 2.37 bits per heavy atom. The van der Waals surface area contributed by atoms with Crippen LogP contribution in [0.1, 0.15) is 27.2 Å². The molecule has 1 aliphatic rings. The third-order valence-corrected chi connectivity index (χ3v) is 8.84. The Morgan fingerprint density at radius 2 is 1.79 bits per heavy atom. The molecule has 1 aromatic rings. The van der Waals surface area contributed by atoms with E-state index in [1.807, 2.05) is 18.2 Å². The van der Waals surface area contributed by atoms with Gasteiger partial charge in [-0.2, -0.15) is 0 Å². The van der Waals surface area contributed by atoms with E-state index in [1.165, 1.54) is 11.1 Å². The summed E-state index contributed by atoms with van der Waals surface area (Å²) in [6.07, 6.45) is 1.13. The van der Waals surface area contributed by atoms with E-state index in [0.717, 1.165) is 9.99 Å². The molecule has 0 spiro atoms. The molecule has 19 heavy (non-hydrogen) atoms. The average Bonchev–Trinajstić information content (AvgIpc) is 2.44. The molecule has 0 amide bonds. The summed E-state index contributed by atoms with van der Waals surface area (Å²) in [6, 6.07) is 10.1. The Kier molecular flexibility index (Phi) is 5.03. The van der Waals surface area contributed by atoms with Gasteiger partial charge in [0.2, 0.25) is 0 Å². The van der Waals surface area contributed by atoms with Crippen molar-refractivity contribution in [3.05, 3.63) is 45.0 Å². The first-order valence-electron chi connectivity index (χ1n) is 6.69. The van der Waals surface area contributed by atoms with Crippen LogP contribution in [0.25, 0.3) is 0 Å². The van der Waals surface area contributed by atoms with Crippen LogP contribution in [0.4, 0.5) is 0 Å². The normalized spacial score (nSPS) is 28.5. The van der Waals surface area contributed by atoms with E-state index in [9.17, 15) is 3.44 Å². The van der Waals surface area contributed by atoms with Gasteiger partial charge in [-0.3, -0.25) is 0 Å². The first-order chi connectivity index (χ1) is 9.06. The van der Waals surface area contributed by atoms with Crippen LogP contribution in [0.2, 0.25) is 0 Å². The topological polar surface area (TPSA) is 29.5 Å². The Bertz CT molecular complexity index is 455. The van der Waals surface area contributed by atoms with Crippen molar-refractivity contribution in [3.8, 4) is 0 Å². The van der Waals surface area contributed by atoms with Crippen LogP contribution in [0, 0.1) is 9.49 Å². The predicted molar refractivity (Wildman–Crippen MR) is 88.1 cm³/mol. The van der Waals surface area contributed by atoms with Crippen molar-refractivity contribution in [2.24, 2.45) is 5.92 Å². The van der Waals surface area contributed by atoms with Gasteiger partial charge in [-0.25, -0.2) is 0 Å². The molecule has 3 atom stereocenters. The summed E-state index contributed by atoms with van der Waals surface area (Å²) in [4.78, 5) is 0. The summed E-state index contributed by atoms with van der Waals surface area (Å²) in [5, 5.41) is 0. The van der Waals surface area contributed by atoms with Gasteiger partial charge in [0, 0.05) is 0 Å². The summed E-state index contributed by atoms with van der Waals surface area (Å²) in [7, 11) is 1.76. The van der Waals surface area contributed by atoms with E-state index < -0.39 is 20.2 Å². The van der Waals surface area contributed by atoms with Crippen molar-refractivity contribution in [1.82, 2.24) is 0 Å². The Hall–Kier alpha value is -0.390. The third-order valence-electron chi connectivity index (χ3n) is 4.17. The van der Waals surface area contributed by atoms with Gasteiger partial charge in [0.05, 0.1) is 0 Å². The molecule has 2 nitrogen and oxygen atoms in total. The first-order valence-corrected chi connectivity index (χ1v) is 9.97. The number of alkyl halides is 1. The summed E-state index contributed by atoms with van der Waals surface area (Å²) in [5.41, 5.74) is 2.75. The van der Waals surface area contributed by atoms with Crippen molar-refractivity contribution in [2.75, 3.05) is 7.11 Å². The molecule has 3 unspecified atom stereocenters. The van der Waals surface area contributed by atoms with Crippen molar-refractivity contribution >= 4 is 20.2 Å². The monoisotopic (exact) mass is 374 g/mol. The van der Waals surface area contributed by atoms with Gasteiger partial charge in [-0.1, -0.05) is 0 Å². The van der Waals surface area contributed by atoms with E-state index in [1.54, 1.807) is 7.11 Å². The molecule has 1 N–H and O–H groups in total. The number of ether oxygens (including phenoxy) is 1. The molecule has 0 aromatic heterocycles. The number of allylic oxidation sites excluding steroid dienone is 1. The number of rotatable bonds is 3. The molecule has 1 aromatic carbocycles. The summed E-state index contributed by atoms with van der Waals surface area (Å²) >= 11 is -2.18. The predicted octanol–water partition coefficient (Wildman–Crippen LogP) is 4.03. The zero-order chi connectivity index (χ0) is 14.0. The minimum atomic E-state index is -2.18. The molecule has 0 bridgehead atoms.